The van der Waals surface area contributed by atoms with Crippen LogP contribution in [0.2, 0.25) is 0 Å². The van der Waals surface area contributed by atoms with E-state index in [1.165, 1.54) is 0 Å². The number of nitrogens with one attached hydrogen (secondary N) is 2. The molecule has 5 heteroatoms. The summed E-state index contributed by atoms with van der Waals surface area (Å²) in [6.45, 7) is 4.82. The van der Waals surface area contributed by atoms with Crippen molar-refractivity contribution in [2.45, 2.75) is 26.7 Å². The van der Waals surface area contributed by atoms with Gasteiger partial charge in [-0.2, -0.15) is 0 Å². The molecule has 3 aromatic carbocycles. The summed E-state index contributed by atoms with van der Waals surface area (Å²) in [5.74, 6) is 0.960. The van der Waals surface area contributed by atoms with E-state index in [1.54, 1.807) is 0 Å². The smallest absolute Gasteiger partial charge is 0.319 e. The molecule has 2 N–H and O–H groups in total. The molecule has 0 bridgehead atoms. The fraction of sp³-hybridized carbons (Fsp3) is 0.200. The third-order valence-electron chi connectivity index (χ3n) is 5.13. The van der Waals surface area contributed by atoms with Crippen molar-refractivity contribution in [2.24, 2.45) is 0 Å². The molecule has 0 unspecified atom stereocenters. The highest BCUT2D eigenvalue weighted by atomic mass is 16.2. The lowest BCUT2D eigenvalue weighted by molar-refractivity contribution is 0.252. The number of para-hydroxylation sites is 1. The number of imidazole rings is 1. The van der Waals surface area contributed by atoms with Gasteiger partial charge in [-0.25, -0.2) is 9.78 Å². The molecule has 0 aliphatic rings. The first kappa shape index (κ1) is 19.7. The summed E-state index contributed by atoms with van der Waals surface area (Å²) in [5, 5.41) is 5.73. The van der Waals surface area contributed by atoms with E-state index in [1.807, 2.05) is 49.4 Å². The van der Waals surface area contributed by atoms with Crippen molar-refractivity contribution >= 4 is 22.8 Å². The maximum atomic E-state index is 11.9. The zero-order chi connectivity index (χ0) is 20.9. The van der Waals surface area contributed by atoms with Gasteiger partial charge in [0.1, 0.15) is 5.82 Å². The molecule has 5 nitrogen and oxygen atoms in total. The van der Waals surface area contributed by atoms with E-state index < -0.39 is 0 Å². The van der Waals surface area contributed by atoms with Crippen LogP contribution < -0.4 is 10.6 Å². The van der Waals surface area contributed by atoms with E-state index >= 15 is 0 Å². The van der Waals surface area contributed by atoms with E-state index in [0.29, 0.717) is 6.54 Å². The minimum Gasteiger partial charge on any atom is -0.338 e. The summed E-state index contributed by atoms with van der Waals surface area (Å²) in [7, 11) is 0. The Labute approximate surface area is 176 Å². The lowest BCUT2D eigenvalue weighted by atomic mass is 10.0. The lowest BCUT2D eigenvalue weighted by Crippen LogP contribution is -2.29. The van der Waals surface area contributed by atoms with Gasteiger partial charge in [-0.15, -0.1) is 0 Å². The zero-order valence-electron chi connectivity index (χ0n) is 17.4. The van der Waals surface area contributed by atoms with Crippen molar-refractivity contribution in [3.05, 3.63) is 78.6 Å². The number of rotatable bonds is 6. The number of benzene rings is 3. The Morgan fingerprint density at radius 3 is 2.43 bits per heavy atom. The highest BCUT2D eigenvalue weighted by Gasteiger charge is 2.10. The molecule has 0 spiro atoms. The fourth-order valence-corrected chi connectivity index (χ4v) is 3.58. The van der Waals surface area contributed by atoms with Crippen molar-refractivity contribution in [1.29, 1.82) is 0 Å². The summed E-state index contributed by atoms with van der Waals surface area (Å²) >= 11 is 0. The topological polar surface area (TPSA) is 59.0 Å². The fourth-order valence-electron chi connectivity index (χ4n) is 3.58. The van der Waals surface area contributed by atoms with Crippen LogP contribution >= 0.6 is 0 Å². The summed E-state index contributed by atoms with van der Waals surface area (Å²) in [6, 6.07) is 24.3. The average Bonchev–Trinajstić information content (AvgIpc) is 3.10. The quantitative estimate of drug-likeness (QED) is 0.396. The van der Waals surface area contributed by atoms with Gasteiger partial charge in [0.15, 0.2) is 0 Å². The maximum Gasteiger partial charge on any atom is 0.319 e. The molecule has 0 fully saturated rings. The minimum atomic E-state index is -0.167. The van der Waals surface area contributed by atoms with Crippen LogP contribution in [0.5, 0.6) is 0 Å². The molecule has 1 aromatic heterocycles. The van der Waals surface area contributed by atoms with Gasteiger partial charge in [-0.1, -0.05) is 49.7 Å². The molecule has 0 aliphatic carbocycles. The number of anilines is 1. The highest BCUT2D eigenvalue weighted by molar-refractivity contribution is 5.90. The van der Waals surface area contributed by atoms with E-state index in [0.717, 1.165) is 52.2 Å². The van der Waals surface area contributed by atoms with Crippen LogP contribution in [0.1, 0.15) is 25.6 Å². The van der Waals surface area contributed by atoms with Crippen LogP contribution in [-0.4, -0.2) is 22.1 Å². The predicted octanol–water partition coefficient (Wildman–Crippen LogP) is 5.92. The van der Waals surface area contributed by atoms with Gasteiger partial charge >= 0.3 is 6.03 Å². The molecule has 0 aliphatic heterocycles. The van der Waals surface area contributed by atoms with Crippen molar-refractivity contribution in [3.8, 4) is 16.8 Å². The number of hydrogen-bond acceptors (Lipinski definition) is 2. The molecule has 2 amide bonds. The SMILES string of the molecule is CCCCNC(=O)Nc1ccc(-c2ccc3c(c2)nc(C)n3-c2ccccc2)cc1. The van der Waals surface area contributed by atoms with E-state index in [9.17, 15) is 4.79 Å². The molecule has 30 heavy (non-hydrogen) atoms. The first-order valence-electron chi connectivity index (χ1n) is 10.4. The van der Waals surface area contributed by atoms with Crippen molar-refractivity contribution in [3.63, 3.8) is 0 Å². The molecule has 0 saturated carbocycles. The van der Waals surface area contributed by atoms with Crippen LogP contribution in [0.25, 0.3) is 27.8 Å². The van der Waals surface area contributed by atoms with Crippen LogP contribution in [0.3, 0.4) is 0 Å². The van der Waals surface area contributed by atoms with Crippen molar-refractivity contribution < 1.29 is 4.79 Å². The number of unbranched alkanes of at least 4 members (excludes halogenated alkanes) is 1. The Balaban J connectivity index is 1.55. The van der Waals surface area contributed by atoms with Crippen molar-refractivity contribution in [1.82, 2.24) is 14.9 Å². The lowest BCUT2D eigenvalue weighted by Gasteiger charge is -2.09. The van der Waals surface area contributed by atoms with Gasteiger partial charge in [-0.05, 0) is 60.9 Å². The normalized spacial score (nSPS) is 10.9. The van der Waals surface area contributed by atoms with Gasteiger partial charge < -0.3 is 10.6 Å². The standard InChI is InChI=1S/C25H26N4O/c1-3-4-16-26-25(30)28-21-13-10-19(11-14-21)20-12-15-24-23(17-20)27-18(2)29(24)22-8-6-5-7-9-22/h5-15,17H,3-4,16H2,1-2H3,(H2,26,28,30). The molecule has 4 aromatic rings. The maximum absolute atomic E-state index is 11.9. The van der Waals surface area contributed by atoms with Crippen LogP contribution in [0.15, 0.2) is 72.8 Å². The highest BCUT2D eigenvalue weighted by Crippen LogP contribution is 2.27. The summed E-state index contributed by atoms with van der Waals surface area (Å²) in [6.07, 6.45) is 2.04. The number of fused-ring (bicyclic) bond motifs is 1. The molecular formula is C25H26N4O. The second-order valence-electron chi connectivity index (χ2n) is 7.35. The van der Waals surface area contributed by atoms with Crippen LogP contribution in [-0.2, 0) is 0 Å². The Bertz CT molecular complexity index is 1150. The first-order valence-corrected chi connectivity index (χ1v) is 10.4. The Kier molecular flexibility index (Phi) is 5.80. The molecule has 0 radical (unpaired) electrons. The van der Waals surface area contributed by atoms with Gasteiger partial charge in [0.2, 0.25) is 0 Å². The molecule has 0 atom stereocenters. The third-order valence-corrected chi connectivity index (χ3v) is 5.13. The van der Waals surface area contributed by atoms with E-state index in [2.05, 4.69) is 52.5 Å². The third kappa shape index (κ3) is 4.20. The van der Waals surface area contributed by atoms with Gasteiger partial charge in [0.25, 0.3) is 0 Å². The number of nitrogens with zero attached hydrogens (tertiary/aromatic N) is 2. The van der Waals surface area contributed by atoms with Gasteiger partial charge in [0, 0.05) is 17.9 Å². The number of amides is 2. The molecular weight excluding hydrogens is 372 g/mol. The minimum absolute atomic E-state index is 0.167. The summed E-state index contributed by atoms with van der Waals surface area (Å²) in [5.41, 5.74) is 6.12. The Morgan fingerprint density at radius 1 is 0.967 bits per heavy atom. The molecule has 0 saturated heterocycles. The number of hydrogen-bond donors (Lipinski definition) is 2. The summed E-state index contributed by atoms with van der Waals surface area (Å²) in [4.78, 5) is 16.7. The van der Waals surface area contributed by atoms with Crippen LogP contribution in [0, 0.1) is 6.92 Å². The molecule has 4 rings (SSSR count). The second-order valence-corrected chi connectivity index (χ2v) is 7.35. The monoisotopic (exact) mass is 398 g/mol. The largest absolute Gasteiger partial charge is 0.338 e. The van der Waals surface area contributed by atoms with Crippen LogP contribution in [0.4, 0.5) is 10.5 Å². The molecule has 1 heterocycles. The molecule has 152 valence electrons. The van der Waals surface area contributed by atoms with Gasteiger partial charge in [-0.3, -0.25) is 4.57 Å². The second kappa shape index (κ2) is 8.82. The summed E-state index contributed by atoms with van der Waals surface area (Å²) < 4.78 is 2.17. The first-order chi connectivity index (χ1) is 14.7. The van der Waals surface area contributed by atoms with Crippen molar-refractivity contribution in [2.75, 3.05) is 11.9 Å². The number of urea groups is 1. The predicted molar refractivity (Wildman–Crippen MR) is 123 cm³/mol. The number of aromatic nitrogens is 2. The zero-order valence-corrected chi connectivity index (χ0v) is 17.4. The number of carbonyl (C=O) groups excluding carboxylic acids is 1. The number of aryl methyl sites for hydroxylation is 1. The van der Waals surface area contributed by atoms with E-state index in [4.69, 9.17) is 4.98 Å². The Morgan fingerprint density at radius 2 is 1.70 bits per heavy atom. The van der Waals surface area contributed by atoms with E-state index in [-0.39, 0.29) is 6.03 Å². The van der Waals surface area contributed by atoms with Gasteiger partial charge in [0.05, 0.1) is 11.0 Å². The Hall–Kier alpha value is -3.60. The average molecular weight is 399 g/mol. The number of carbonyl (C=O) groups is 1.